The van der Waals surface area contributed by atoms with Crippen molar-refractivity contribution in [3.63, 3.8) is 0 Å². The van der Waals surface area contributed by atoms with Crippen LogP contribution in [0.4, 0.5) is 5.69 Å². The van der Waals surface area contributed by atoms with Gasteiger partial charge in [-0.1, -0.05) is 12.8 Å². The van der Waals surface area contributed by atoms with Crippen molar-refractivity contribution < 1.29 is 9.53 Å². The molecule has 1 amide bonds. The van der Waals surface area contributed by atoms with Gasteiger partial charge in [-0.25, -0.2) is 0 Å². The molecule has 0 spiro atoms. The minimum Gasteiger partial charge on any atom is -0.487 e. The summed E-state index contributed by atoms with van der Waals surface area (Å²) in [5.74, 6) is 0.856. The largest absolute Gasteiger partial charge is 0.487 e. The SMILES string of the molecule is CC1(C)Cc2cc(NC(=O)C3CCCCC3(C)N)ccc2O1. The van der Waals surface area contributed by atoms with Gasteiger partial charge in [-0.15, -0.1) is 0 Å². The van der Waals surface area contributed by atoms with Gasteiger partial charge in [0.25, 0.3) is 0 Å². The highest BCUT2D eigenvalue weighted by atomic mass is 16.5. The first-order valence-corrected chi connectivity index (χ1v) is 8.19. The number of anilines is 1. The van der Waals surface area contributed by atoms with Crippen LogP contribution in [0.15, 0.2) is 18.2 Å². The van der Waals surface area contributed by atoms with Crippen molar-refractivity contribution in [3.05, 3.63) is 23.8 Å². The summed E-state index contributed by atoms with van der Waals surface area (Å²) in [7, 11) is 0. The lowest BCUT2D eigenvalue weighted by atomic mass is 9.74. The molecule has 1 saturated carbocycles. The molecule has 22 heavy (non-hydrogen) atoms. The van der Waals surface area contributed by atoms with Gasteiger partial charge < -0.3 is 15.8 Å². The summed E-state index contributed by atoms with van der Waals surface area (Å²) in [5, 5.41) is 3.05. The van der Waals surface area contributed by atoms with E-state index in [1.54, 1.807) is 0 Å². The lowest BCUT2D eigenvalue weighted by molar-refractivity contribution is -0.122. The van der Waals surface area contributed by atoms with Crippen molar-refractivity contribution in [1.29, 1.82) is 0 Å². The van der Waals surface area contributed by atoms with E-state index in [0.717, 1.165) is 49.1 Å². The highest BCUT2D eigenvalue weighted by Gasteiger charge is 2.38. The molecule has 0 radical (unpaired) electrons. The van der Waals surface area contributed by atoms with Crippen LogP contribution in [0.5, 0.6) is 5.75 Å². The normalized spacial score (nSPS) is 29.5. The molecule has 1 aliphatic heterocycles. The monoisotopic (exact) mass is 302 g/mol. The second-order valence-corrected chi connectivity index (χ2v) is 7.65. The quantitative estimate of drug-likeness (QED) is 0.881. The highest BCUT2D eigenvalue weighted by Crippen LogP contribution is 2.37. The summed E-state index contributed by atoms with van der Waals surface area (Å²) in [6.07, 6.45) is 4.85. The minimum absolute atomic E-state index is 0.0443. The Bertz CT molecular complexity index is 593. The highest BCUT2D eigenvalue weighted by molar-refractivity contribution is 5.93. The molecular formula is C18H26N2O2. The Hall–Kier alpha value is -1.55. The maximum absolute atomic E-state index is 12.6. The molecule has 1 heterocycles. The van der Waals surface area contributed by atoms with Crippen LogP contribution in [-0.4, -0.2) is 17.0 Å². The number of benzene rings is 1. The Morgan fingerprint density at radius 3 is 2.82 bits per heavy atom. The van der Waals surface area contributed by atoms with E-state index < -0.39 is 5.54 Å². The average Bonchev–Trinajstić information content (AvgIpc) is 2.71. The maximum atomic E-state index is 12.6. The zero-order valence-corrected chi connectivity index (χ0v) is 13.7. The number of carbonyl (C=O) groups excluding carboxylic acids is 1. The van der Waals surface area contributed by atoms with Crippen LogP contribution in [0.25, 0.3) is 0 Å². The summed E-state index contributed by atoms with van der Waals surface area (Å²) < 4.78 is 5.87. The molecule has 0 bridgehead atoms. The Balaban J connectivity index is 1.73. The van der Waals surface area contributed by atoms with E-state index in [4.69, 9.17) is 10.5 Å². The van der Waals surface area contributed by atoms with Crippen molar-refractivity contribution in [1.82, 2.24) is 0 Å². The van der Waals surface area contributed by atoms with E-state index >= 15 is 0 Å². The molecule has 0 aromatic heterocycles. The third-order valence-electron chi connectivity index (χ3n) is 4.90. The molecule has 2 atom stereocenters. The van der Waals surface area contributed by atoms with Crippen LogP contribution in [-0.2, 0) is 11.2 Å². The molecule has 2 aliphatic rings. The number of hydrogen-bond acceptors (Lipinski definition) is 3. The summed E-state index contributed by atoms with van der Waals surface area (Å²) in [6, 6.07) is 5.88. The average molecular weight is 302 g/mol. The van der Waals surface area contributed by atoms with E-state index in [1.165, 1.54) is 0 Å². The molecule has 1 aromatic carbocycles. The van der Waals surface area contributed by atoms with E-state index in [0.29, 0.717) is 0 Å². The van der Waals surface area contributed by atoms with Gasteiger partial charge in [0, 0.05) is 23.2 Å². The maximum Gasteiger partial charge on any atom is 0.229 e. The molecule has 2 unspecified atom stereocenters. The molecular weight excluding hydrogens is 276 g/mol. The van der Waals surface area contributed by atoms with Crippen LogP contribution in [0, 0.1) is 5.92 Å². The predicted octanol–water partition coefficient (Wildman–Crippen LogP) is 3.25. The first-order valence-electron chi connectivity index (χ1n) is 8.19. The number of carbonyl (C=O) groups is 1. The number of rotatable bonds is 2. The zero-order valence-electron chi connectivity index (χ0n) is 13.7. The van der Waals surface area contributed by atoms with Crippen LogP contribution >= 0.6 is 0 Å². The lowest BCUT2D eigenvalue weighted by Crippen LogP contribution is -2.51. The topological polar surface area (TPSA) is 64.4 Å². The van der Waals surface area contributed by atoms with Gasteiger partial charge in [0.1, 0.15) is 11.4 Å². The van der Waals surface area contributed by atoms with Crippen molar-refractivity contribution in [3.8, 4) is 5.75 Å². The molecule has 1 aromatic rings. The molecule has 4 nitrogen and oxygen atoms in total. The number of ether oxygens (including phenoxy) is 1. The number of amides is 1. The van der Waals surface area contributed by atoms with Gasteiger partial charge in [-0.3, -0.25) is 4.79 Å². The van der Waals surface area contributed by atoms with Crippen LogP contribution in [0.1, 0.15) is 52.0 Å². The fraction of sp³-hybridized carbons (Fsp3) is 0.611. The summed E-state index contributed by atoms with van der Waals surface area (Å²) in [4.78, 5) is 12.6. The Kier molecular flexibility index (Phi) is 3.68. The van der Waals surface area contributed by atoms with E-state index in [1.807, 2.05) is 25.1 Å². The zero-order chi connectivity index (χ0) is 16.0. The third kappa shape index (κ3) is 2.98. The third-order valence-corrected chi connectivity index (χ3v) is 4.90. The Labute approximate surface area is 132 Å². The van der Waals surface area contributed by atoms with Gasteiger partial charge in [0.2, 0.25) is 5.91 Å². The van der Waals surface area contributed by atoms with Crippen LogP contribution in [0.3, 0.4) is 0 Å². The fourth-order valence-corrected chi connectivity index (χ4v) is 3.71. The van der Waals surface area contributed by atoms with Crippen LogP contribution < -0.4 is 15.8 Å². The second-order valence-electron chi connectivity index (χ2n) is 7.65. The fourth-order valence-electron chi connectivity index (χ4n) is 3.71. The van der Waals surface area contributed by atoms with Gasteiger partial charge >= 0.3 is 0 Å². The van der Waals surface area contributed by atoms with E-state index in [2.05, 4.69) is 19.2 Å². The van der Waals surface area contributed by atoms with Crippen LogP contribution in [0.2, 0.25) is 0 Å². The smallest absolute Gasteiger partial charge is 0.229 e. The van der Waals surface area contributed by atoms with Gasteiger partial charge in [-0.05, 0) is 51.8 Å². The van der Waals surface area contributed by atoms with Crippen molar-refractivity contribution in [2.45, 2.75) is 64.0 Å². The van der Waals surface area contributed by atoms with Gasteiger partial charge in [0.15, 0.2) is 0 Å². The predicted molar refractivity (Wildman–Crippen MR) is 88.0 cm³/mol. The first kappa shape index (κ1) is 15.3. The summed E-state index contributed by atoms with van der Waals surface area (Å²) in [6.45, 7) is 6.15. The van der Waals surface area contributed by atoms with Gasteiger partial charge in [0.05, 0.1) is 5.92 Å². The van der Waals surface area contributed by atoms with E-state index in [9.17, 15) is 4.79 Å². The standard InChI is InChI=1S/C18H26N2O2/c1-17(2)11-12-10-13(7-8-15(12)22-17)20-16(21)14-6-4-5-9-18(14,3)19/h7-8,10,14H,4-6,9,11,19H2,1-3H3,(H,20,21). The first-order chi connectivity index (χ1) is 10.3. The van der Waals surface area contributed by atoms with Crippen molar-refractivity contribution in [2.24, 2.45) is 11.7 Å². The lowest BCUT2D eigenvalue weighted by Gasteiger charge is -2.37. The van der Waals surface area contributed by atoms with Crippen molar-refractivity contribution >= 4 is 11.6 Å². The van der Waals surface area contributed by atoms with Crippen molar-refractivity contribution in [2.75, 3.05) is 5.32 Å². The summed E-state index contributed by atoms with van der Waals surface area (Å²) in [5.41, 5.74) is 7.75. The summed E-state index contributed by atoms with van der Waals surface area (Å²) >= 11 is 0. The molecule has 3 rings (SSSR count). The molecule has 4 heteroatoms. The van der Waals surface area contributed by atoms with Gasteiger partial charge in [-0.2, -0.15) is 0 Å². The number of nitrogens with one attached hydrogen (secondary N) is 1. The molecule has 3 N–H and O–H groups in total. The second kappa shape index (κ2) is 5.27. The number of fused-ring (bicyclic) bond motifs is 1. The molecule has 0 saturated heterocycles. The molecule has 120 valence electrons. The number of nitrogens with two attached hydrogens (primary N) is 1. The number of hydrogen-bond donors (Lipinski definition) is 2. The Morgan fingerprint density at radius 1 is 1.32 bits per heavy atom. The molecule has 1 aliphatic carbocycles. The molecule has 1 fully saturated rings. The minimum atomic E-state index is -0.399. The van der Waals surface area contributed by atoms with E-state index in [-0.39, 0.29) is 17.4 Å². The Morgan fingerprint density at radius 2 is 2.09 bits per heavy atom.